The molecular formula is C23H27N3O5. The Morgan fingerprint density at radius 1 is 1.06 bits per heavy atom. The average molecular weight is 425 g/mol. The maximum atomic E-state index is 12.7. The lowest BCUT2D eigenvalue weighted by Gasteiger charge is -2.35. The third kappa shape index (κ3) is 5.21. The van der Waals surface area contributed by atoms with Crippen LogP contribution in [0.3, 0.4) is 0 Å². The van der Waals surface area contributed by atoms with Crippen molar-refractivity contribution in [1.29, 1.82) is 0 Å². The van der Waals surface area contributed by atoms with Gasteiger partial charge in [-0.05, 0) is 23.3 Å². The van der Waals surface area contributed by atoms with Gasteiger partial charge in [-0.15, -0.1) is 0 Å². The summed E-state index contributed by atoms with van der Waals surface area (Å²) in [6.07, 6.45) is 0.491. The molecule has 1 aliphatic heterocycles. The summed E-state index contributed by atoms with van der Waals surface area (Å²) in [5.41, 5.74) is 7.00. The van der Waals surface area contributed by atoms with Gasteiger partial charge in [-0.1, -0.05) is 47.6 Å². The van der Waals surface area contributed by atoms with Crippen molar-refractivity contribution in [1.82, 2.24) is 4.90 Å². The molecule has 1 atom stereocenters. The molecule has 2 amide bonds. The maximum absolute atomic E-state index is 12.7. The first-order chi connectivity index (χ1) is 15.0. The zero-order valence-corrected chi connectivity index (χ0v) is 17.7. The number of methoxy groups -OCH3 is 2. The summed E-state index contributed by atoms with van der Waals surface area (Å²) in [5, 5.41) is 4.22. The molecule has 0 bridgehead atoms. The average Bonchev–Trinajstić information content (AvgIpc) is 3.15. The molecule has 0 aliphatic carbocycles. The van der Waals surface area contributed by atoms with Crippen molar-refractivity contribution in [3.05, 3.63) is 65.7 Å². The van der Waals surface area contributed by atoms with Crippen molar-refractivity contribution in [3.63, 3.8) is 0 Å². The van der Waals surface area contributed by atoms with Crippen LogP contribution in [0.25, 0.3) is 0 Å². The fourth-order valence-corrected chi connectivity index (χ4v) is 3.73. The highest BCUT2D eigenvalue weighted by Crippen LogP contribution is 2.32. The topological polar surface area (TPSA) is 103 Å². The number of hydrogen-bond donors (Lipinski definition) is 1. The highest BCUT2D eigenvalue weighted by Gasteiger charge is 2.51. The smallest absolute Gasteiger partial charge is 0.249 e. The standard InChI is InChI=1S/C23H27N3O5/c1-29-16-21(27)26-14-19(25-31-15-18-8-10-20(30-2)11-9-18)13-23(26,22(24)28)12-17-6-4-3-5-7-17/h3-11H,12-16H2,1-2H3,(H2,24,28). The number of amides is 2. The third-order valence-corrected chi connectivity index (χ3v) is 5.30. The van der Waals surface area contributed by atoms with E-state index in [4.69, 9.17) is 20.0 Å². The normalized spacial score (nSPS) is 19.4. The van der Waals surface area contributed by atoms with Crippen LogP contribution < -0.4 is 10.5 Å². The Labute approximate surface area is 181 Å². The van der Waals surface area contributed by atoms with Crippen LogP contribution in [0.1, 0.15) is 17.5 Å². The van der Waals surface area contributed by atoms with Crippen molar-refractivity contribution in [2.24, 2.45) is 10.9 Å². The highest BCUT2D eigenvalue weighted by molar-refractivity contribution is 6.03. The van der Waals surface area contributed by atoms with E-state index < -0.39 is 11.4 Å². The van der Waals surface area contributed by atoms with Gasteiger partial charge in [0, 0.05) is 20.0 Å². The van der Waals surface area contributed by atoms with Crippen molar-refractivity contribution in [2.75, 3.05) is 27.4 Å². The zero-order valence-electron chi connectivity index (χ0n) is 17.7. The van der Waals surface area contributed by atoms with E-state index in [1.165, 1.54) is 12.0 Å². The van der Waals surface area contributed by atoms with Crippen LogP contribution in [0.5, 0.6) is 5.75 Å². The molecule has 8 nitrogen and oxygen atoms in total. The molecule has 0 saturated carbocycles. The number of nitrogens with zero attached hydrogens (tertiary/aromatic N) is 2. The van der Waals surface area contributed by atoms with Crippen LogP contribution >= 0.6 is 0 Å². The van der Waals surface area contributed by atoms with Crippen LogP contribution in [0.15, 0.2) is 59.8 Å². The number of ether oxygens (including phenoxy) is 2. The molecule has 1 heterocycles. The van der Waals surface area contributed by atoms with E-state index in [9.17, 15) is 9.59 Å². The number of rotatable bonds is 9. The monoisotopic (exact) mass is 425 g/mol. The summed E-state index contributed by atoms with van der Waals surface area (Å²) in [6, 6.07) is 16.9. The Balaban J connectivity index is 1.80. The predicted octanol–water partition coefficient (Wildman–Crippen LogP) is 1.91. The quantitative estimate of drug-likeness (QED) is 0.618. The minimum absolute atomic E-state index is 0.149. The molecule has 31 heavy (non-hydrogen) atoms. The Morgan fingerprint density at radius 2 is 1.77 bits per heavy atom. The lowest BCUT2D eigenvalue weighted by Crippen LogP contribution is -2.58. The summed E-state index contributed by atoms with van der Waals surface area (Å²) in [4.78, 5) is 32.3. The molecule has 2 N–H and O–H groups in total. The second-order valence-corrected chi connectivity index (χ2v) is 7.43. The second kappa shape index (κ2) is 10.1. The SMILES string of the molecule is COCC(=O)N1CC(=NOCc2ccc(OC)cc2)CC1(Cc1ccccc1)C(N)=O. The van der Waals surface area contributed by atoms with E-state index >= 15 is 0 Å². The molecule has 0 radical (unpaired) electrons. The molecule has 1 unspecified atom stereocenters. The van der Waals surface area contributed by atoms with Crippen LogP contribution in [-0.4, -0.2) is 55.3 Å². The first kappa shape index (κ1) is 22.3. The third-order valence-electron chi connectivity index (χ3n) is 5.30. The number of hydrogen-bond acceptors (Lipinski definition) is 6. The molecular weight excluding hydrogens is 398 g/mol. The van der Waals surface area contributed by atoms with E-state index in [1.807, 2.05) is 54.6 Å². The number of oxime groups is 1. The Kier molecular flexibility index (Phi) is 7.25. The van der Waals surface area contributed by atoms with Gasteiger partial charge in [-0.25, -0.2) is 0 Å². The minimum atomic E-state index is -1.22. The zero-order chi connectivity index (χ0) is 22.3. The fraction of sp³-hybridized carbons (Fsp3) is 0.348. The molecule has 1 fully saturated rings. The molecule has 8 heteroatoms. The second-order valence-electron chi connectivity index (χ2n) is 7.43. The van der Waals surface area contributed by atoms with Crippen molar-refractivity contribution in [2.45, 2.75) is 25.0 Å². The number of likely N-dealkylation sites (tertiary alicyclic amines) is 1. The molecule has 2 aromatic rings. The molecule has 0 aromatic heterocycles. The van der Waals surface area contributed by atoms with E-state index in [-0.39, 0.29) is 38.5 Å². The molecule has 0 spiro atoms. The fourth-order valence-electron chi connectivity index (χ4n) is 3.73. The summed E-state index contributed by atoms with van der Waals surface area (Å²) in [6.45, 7) is 0.256. The summed E-state index contributed by atoms with van der Waals surface area (Å²) in [7, 11) is 3.04. The van der Waals surface area contributed by atoms with Crippen LogP contribution in [0, 0.1) is 0 Å². The first-order valence-electron chi connectivity index (χ1n) is 9.92. The van der Waals surface area contributed by atoms with E-state index in [0.29, 0.717) is 5.71 Å². The van der Waals surface area contributed by atoms with Crippen molar-refractivity contribution >= 4 is 17.5 Å². The van der Waals surface area contributed by atoms with Gasteiger partial charge >= 0.3 is 0 Å². The van der Waals surface area contributed by atoms with Crippen molar-refractivity contribution < 1.29 is 23.9 Å². The molecule has 3 rings (SSSR count). The first-order valence-corrected chi connectivity index (χ1v) is 9.92. The Hall–Kier alpha value is -3.39. The summed E-state index contributed by atoms with van der Waals surface area (Å²) >= 11 is 0. The minimum Gasteiger partial charge on any atom is -0.497 e. The molecule has 1 saturated heterocycles. The number of carbonyl (C=O) groups excluding carboxylic acids is 2. The number of benzene rings is 2. The van der Waals surface area contributed by atoms with Crippen molar-refractivity contribution in [3.8, 4) is 5.75 Å². The van der Waals surface area contributed by atoms with E-state index in [1.54, 1.807) is 7.11 Å². The van der Waals surface area contributed by atoms with Crippen LogP contribution in [0.4, 0.5) is 0 Å². The van der Waals surface area contributed by atoms with Gasteiger partial charge in [0.1, 0.15) is 24.5 Å². The van der Waals surface area contributed by atoms with Gasteiger partial charge in [0.2, 0.25) is 11.8 Å². The maximum Gasteiger partial charge on any atom is 0.249 e. The van der Waals surface area contributed by atoms with Gasteiger partial charge in [0.15, 0.2) is 0 Å². The van der Waals surface area contributed by atoms with Crippen LogP contribution in [0.2, 0.25) is 0 Å². The van der Waals surface area contributed by atoms with Gasteiger partial charge < -0.3 is 24.9 Å². The Bertz CT molecular complexity index is 930. The summed E-state index contributed by atoms with van der Waals surface area (Å²) < 4.78 is 10.2. The number of primary amides is 1. The van der Waals surface area contributed by atoms with E-state index in [2.05, 4.69) is 5.16 Å². The summed E-state index contributed by atoms with van der Waals surface area (Å²) in [5.74, 6) is -0.149. The lowest BCUT2D eigenvalue weighted by atomic mass is 9.87. The van der Waals surface area contributed by atoms with E-state index in [0.717, 1.165) is 16.9 Å². The van der Waals surface area contributed by atoms with Gasteiger partial charge in [0.25, 0.3) is 0 Å². The number of carbonyl (C=O) groups is 2. The molecule has 2 aromatic carbocycles. The predicted molar refractivity (Wildman–Crippen MR) is 115 cm³/mol. The van der Waals surface area contributed by atoms with Gasteiger partial charge in [-0.2, -0.15) is 0 Å². The lowest BCUT2D eigenvalue weighted by molar-refractivity contribution is -0.146. The van der Waals surface area contributed by atoms with Gasteiger partial charge in [0.05, 0.1) is 19.4 Å². The molecule has 1 aliphatic rings. The number of nitrogens with two attached hydrogens (primary N) is 1. The Morgan fingerprint density at radius 3 is 2.39 bits per heavy atom. The largest absolute Gasteiger partial charge is 0.497 e. The highest BCUT2D eigenvalue weighted by atomic mass is 16.6. The molecule has 164 valence electrons. The van der Waals surface area contributed by atoms with Crippen LogP contribution in [-0.2, 0) is 32.2 Å². The van der Waals surface area contributed by atoms with Gasteiger partial charge in [-0.3, -0.25) is 9.59 Å².